The molecule has 0 aliphatic carbocycles. The van der Waals surface area contributed by atoms with E-state index in [1.165, 1.54) is 12.1 Å². The number of aliphatic hydroxyl groups is 1. The minimum atomic E-state index is -3.74. The number of benzene rings is 1. The average Bonchev–Trinajstić information content (AvgIpc) is 2.45. The molecule has 4 nitrogen and oxygen atoms in total. The van der Waals surface area contributed by atoms with Crippen LogP contribution in [0.1, 0.15) is 20.3 Å². The molecule has 0 radical (unpaired) electrons. The first kappa shape index (κ1) is 16.8. The zero-order chi connectivity index (χ0) is 15.2. The number of aliphatic hydroxyl groups excluding tert-OH is 1. The summed E-state index contributed by atoms with van der Waals surface area (Å²) in [6.07, 6.45) is 0.592. The van der Waals surface area contributed by atoms with Gasteiger partial charge in [0, 0.05) is 0 Å². The maximum Gasteiger partial charge on any atom is 0.240 e. The first-order valence-electron chi connectivity index (χ1n) is 6.44. The van der Waals surface area contributed by atoms with Gasteiger partial charge in [0.2, 0.25) is 10.0 Å². The van der Waals surface area contributed by atoms with E-state index in [1.54, 1.807) is 25.1 Å². The van der Waals surface area contributed by atoms with Crippen LogP contribution in [0.5, 0.6) is 0 Å². The van der Waals surface area contributed by atoms with Crippen LogP contribution in [-0.4, -0.2) is 25.7 Å². The second-order valence-corrected chi connectivity index (χ2v) is 6.37. The van der Waals surface area contributed by atoms with Gasteiger partial charge >= 0.3 is 0 Å². The van der Waals surface area contributed by atoms with Crippen molar-refractivity contribution in [2.75, 3.05) is 0 Å². The van der Waals surface area contributed by atoms with Crippen LogP contribution in [0.3, 0.4) is 0 Å². The summed E-state index contributed by atoms with van der Waals surface area (Å²) in [5, 5.41) is 9.87. The van der Waals surface area contributed by atoms with Crippen molar-refractivity contribution in [3.05, 3.63) is 42.7 Å². The molecule has 0 aliphatic heterocycles. The predicted molar refractivity (Wildman–Crippen MR) is 76.3 cm³/mol. The van der Waals surface area contributed by atoms with Crippen LogP contribution in [0.25, 0.3) is 0 Å². The third-order valence-corrected chi connectivity index (χ3v) is 4.71. The standard InChI is InChI=1S/C14H20FNO3S/c1-3-11(2)14(13(17)9-10-15)16-20(18,19)12-7-5-4-6-8-12/h4-11,13-14,16-17H,3H2,1-2H3/b10-9+/t11-,13-,14-/m0/s1. The molecule has 0 fully saturated rings. The summed E-state index contributed by atoms with van der Waals surface area (Å²) < 4.78 is 39.1. The summed E-state index contributed by atoms with van der Waals surface area (Å²) in [4.78, 5) is 0.115. The highest BCUT2D eigenvalue weighted by atomic mass is 32.2. The molecule has 6 heteroatoms. The summed E-state index contributed by atoms with van der Waals surface area (Å²) in [5.74, 6) is -0.139. The van der Waals surface area contributed by atoms with Crippen LogP contribution in [-0.2, 0) is 10.0 Å². The fraction of sp³-hybridized carbons (Fsp3) is 0.429. The molecular formula is C14H20FNO3S. The lowest BCUT2D eigenvalue weighted by Gasteiger charge is -2.27. The fourth-order valence-corrected chi connectivity index (χ4v) is 3.20. The number of rotatable bonds is 7. The number of sulfonamides is 1. The average molecular weight is 301 g/mol. The molecule has 0 bridgehead atoms. The van der Waals surface area contributed by atoms with E-state index in [0.717, 1.165) is 6.08 Å². The monoisotopic (exact) mass is 301 g/mol. The highest BCUT2D eigenvalue weighted by molar-refractivity contribution is 7.89. The quantitative estimate of drug-likeness (QED) is 0.811. The topological polar surface area (TPSA) is 66.4 Å². The highest BCUT2D eigenvalue weighted by Gasteiger charge is 2.28. The van der Waals surface area contributed by atoms with E-state index in [2.05, 4.69) is 4.72 Å². The van der Waals surface area contributed by atoms with E-state index in [4.69, 9.17) is 0 Å². The zero-order valence-electron chi connectivity index (χ0n) is 11.5. The lowest BCUT2D eigenvalue weighted by molar-refractivity contribution is 0.151. The smallest absolute Gasteiger partial charge is 0.240 e. The van der Waals surface area contributed by atoms with Gasteiger partial charge in [0.15, 0.2) is 0 Å². The molecule has 112 valence electrons. The van der Waals surface area contributed by atoms with Crippen LogP contribution in [0.15, 0.2) is 47.6 Å². The molecule has 3 atom stereocenters. The van der Waals surface area contributed by atoms with E-state index >= 15 is 0 Å². The molecule has 0 spiro atoms. The molecule has 0 amide bonds. The molecule has 1 aromatic rings. The van der Waals surface area contributed by atoms with E-state index in [1.807, 2.05) is 6.92 Å². The van der Waals surface area contributed by atoms with Crippen molar-refractivity contribution < 1.29 is 17.9 Å². The highest BCUT2D eigenvalue weighted by Crippen LogP contribution is 2.17. The normalized spacial score (nSPS) is 17.0. The van der Waals surface area contributed by atoms with Crippen molar-refractivity contribution in [3.63, 3.8) is 0 Å². The molecule has 2 N–H and O–H groups in total. The Kier molecular flexibility index (Phi) is 6.32. The van der Waals surface area contributed by atoms with Crippen molar-refractivity contribution in [2.24, 2.45) is 5.92 Å². The summed E-state index contributed by atoms with van der Waals surface area (Å²) in [6.45, 7) is 3.67. The third kappa shape index (κ3) is 4.40. The van der Waals surface area contributed by atoms with Gasteiger partial charge in [0.05, 0.1) is 23.4 Å². The Morgan fingerprint density at radius 1 is 1.35 bits per heavy atom. The number of nitrogens with one attached hydrogen (secondary N) is 1. The second-order valence-electron chi connectivity index (χ2n) is 4.65. The van der Waals surface area contributed by atoms with Gasteiger partial charge in [0.1, 0.15) is 0 Å². The lowest BCUT2D eigenvalue weighted by Crippen LogP contribution is -2.46. The van der Waals surface area contributed by atoms with Gasteiger partial charge in [-0.25, -0.2) is 17.5 Å². The van der Waals surface area contributed by atoms with Crippen molar-refractivity contribution in [1.29, 1.82) is 0 Å². The SMILES string of the molecule is CC[C@H](C)[C@H](NS(=O)(=O)c1ccccc1)[C@@H](O)/C=C/F. The van der Waals surface area contributed by atoms with Gasteiger partial charge in [-0.15, -0.1) is 0 Å². The van der Waals surface area contributed by atoms with Crippen molar-refractivity contribution in [3.8, 4) is 0 Å². The van der Waals surface area contributed by atoms with Crippen LogP contribution in [0.2, 0.25) is 0 Å². The van der Waals surface area contributed by atoms with Crippen LogP contribution in [0, 0.1) is 5.92 Å². The Labute approximate surface area is 119 Å². The minimum Gasteiger partial charge on any atom is -0.387 e. The Balaban J connectivity index is 3.00. The van der Waals surface area contributed by atoms with Crippen LogP contribution in [0.4, 0.5) is 4.39 Å². The van der Waals surface area contributed by atoms with Gasteiger partial charge in [0.25, 0.3) is 0 Å². The molecule has 0 saturated carbocycles. The minimum absolute atomic E-state index is 0.115. The van der Waals surface area contributed by atoms with E-state index in [0.29, 0.717) is 6.42 Å². The molecule has 20 heavy (non-hydrogen) atoms. The number of hydrogen-bond donors (Lipinski definition) is 2. The van der Waals surface area contributed by atoms with Gasteiger partial charge in [-0.2, -0.15) is 0 Å². The molecule has 1 rings (SSSR count). The van der Waals surface area contributed by atoms with Crippen molar-refractivity contribution in [1.82, 2.24) is 4.72 Å². The molecule has 0 heterocycles. The van der Waals surface area contributed by atoms with Crippen molar-refractivity contribution >= 4 is 10.0 Å². The second kappa shape index (κ2) is 7.52. The molecule has 0 unspecified atom stereocenters. The van der Waals surface area contributed by atoms with Gasteiger partial charge in [-0.3, -0.25) is 0 Å². The predicted octanol–water partition coefficient (Wildman–Crippen LogP) is 2.22. The van der Waals surface area contributed by atoms with E-state index in [-0.39, 0.29) is 17.1 Å². The Hall–Kier alpha value is -1.24. The van der Waals surface area contributed by atoms with Gasteiger partial charge in [-0.1, -0.05) is 38.5 Å². The van der Waals surface area contributed by atoms with Gasteiger partial charge in [-0.05, 0) is 24.1 Å². The summed E-state index contributed by atoms with van der Waals surface area (Å²) in [5.41, 5.74) is 0. The maximum atomic E-state index is 12.2. The summed E-state index contributed by atoms with van der Waals surface area (Å²) in [7, 11) is -3.74. The summed E-state index contributed by atoms with van der Waals surface area (Å²) in [6, 6.07) is 7.10. The Bertz CT molecular complexity index is 531. The largest absolute Gasteiger partial charge is 0.387 e. The zero-order valence-corrected chi connectivity index (χ0v) is 12.3. The van der Waals surface area contributed by atoms with Crippen LogP contribution >= 0.6 is 0 Å². The van der Waals surface area contributed by atoms with E-state index < -0.39 is 22.2 Å². The number of hydrogen-bond acceptors (Lipinski definition) is 3. The number of halogens is 1. The molecule has 0 aliphatic rings. The van der Waals surface area contributed by atoms with E-state index in [9.17, 15) is 17.9 Å². The first-order valence-corrected chi connectivity index (χ1v) is 7.93. The first-order chi connectivity index (χ1) is 9.42. The van der Waals surface area contributed by atoms with Crippen LogP contribution < -0.4 is 4.72 Å². The fourth-order valence-electron chi connectivity index (χ4n) is 1.82. The molecular weight excluding hydrogens is 281 g/mol. The molecule has 0 aromatic heterocycles. The molecule has 1 aromatic carbocycles. The van der Waals surface area contributed by atoms with Crippen molar-refractivity contribution in [2.45, 2.75) is 37.3 Å². The third-order valence-electron chi connectivity index (χ3n) is 3.24. The Morgan fingerprint density at radius 2 is 1.95 bits per heavy atom. The Morgan fingerprint density at radius 3 is 2.45 bits per heavy atom. The van der Waals surface area contributed by atoms with Gasteiger partial charge < -0.3 is 5.11 Å². The maximum absolute atomic E-state index is 12.2. The lowest BCUT2D eigenvalue weighted by atomic mass is 9.95. The molecule has 0 saturated heterocycles. The summed E-state index contributed by atoms with van der Waals surface area (Å²) >= 11 is 0.